The summed E-state index contributed by atoms with van der Waals surface area (Å²) in [6.45, 7) is 7.87. The lowest BCUT2D eigenvalue weighted by Gasteiger charge is -2.10. The number of rotatable bonds is 6. The van der Waals surface area contributed by atoms with E-state index in [1.165, 1.54) is 11.1 Å². The summed E-state index contributed by atoms with van der Waals surface area (Å²) in [5.41, 5.74) is 5.01. The number of aryl methyl sites for hydroxylation is 2. The number of amides is 1. The van der Waals surface area contributed by atoms with Crippen molar-refractivity contribution in [2.75, 3.05) is 13.2 Å². The highest BCUT2D eigenvalue weighted by atomic mass is 79.9. The number of ether oxygens (including phenoxy) is 1. The highest BCUT2D eigenvalue weighted by Crippen LogP contribution is 2.28. The highest BCUT2D eigenvalue weighted by molar-refractivity contribution is 9.10. The van der Waals surface area contributed by atoms with Crippen LogP contribution in [0.25, 0.3) is 17.0 Å². The second-order valence-corrected chi connectivity index (χ2v) is 8.87. The van der Waals surface area contributed by atoms with E-state index >= 15 is 0 Å². The first kappa shape index (κ1) is 21.6. The van der Waals surface area contributed by atoms with Crippen LogP contribution in [0.2, 0.25) is 0 Å². The molecular formula is C24H24BrN3O2S. The molecule has 1 amide bonds. The second kappa shape index (κ2) is 8.85. The quantitative estimate of drug-likeness (QED) is 0.376. The molecule has 0 saturated carbocycles. The number of nitrogens with one attached hydrogen (secondary N) is 1. The SMILES string of the molecule is CCN1C(=O)/C(=C/c2cn(CCOc3ccc(C)c(C)c3)c3ccc(Br)cc23)NC1=S. The summed E-state index contributed by atoms with van der Waals surface area (Å²) in [6.07, 6.45) is 3.93. The van der Waals surface area contributed by atoms with Crippen molar-refractivity contribution < 1.29 is 9.53 Å². The molecule has 0 aliphatic carbocycles. The second-order valence-electron chi connectivity index (χ2n) is 7.57. The van der Waals surface area contributed by atoms with Gasteiger partial charge in [0.1, 0.15) is 18.1 Å². The fourth-order valence-electron chi connectivity index (χ4n) is 3.68. The van der Waals surface area contributed by atoms with Crippen molar-refractivity contribution in [1.29, 1.82) is 0 Å². The smallest absolute Gasteiger partial charge is 0.276 e. The number of thiocarbonyl (C=S) groups is 1. The van der Waals surface area contributed by atoms with E-state index in [9.17, 15) is 4.79 Å². The van der Waals surface area contributed by atoms with Gasteiger partial charge in [0.25, 0.3) is 5.91 Å². The molecule has 3 aromatic rings. The zero-order valence-corrected chi connectivity index (χ0v) is 20.1. The van der Waals surface area contributed by atoms with Crippen LogP contribution in [0.3, 0.4) is 0 Å². The summed E-state index contributed by atoms with van der Waals surface area (Å²) >= 11 is 8.84. The molecule has 0 atom stereocenters. The van der Waals surface area contributed by atoms with E-state index in [1.54, 1.807) is 4.90 Å². The standard InChI is InChI=1S/C24H24BrN3O2S/c1-4-28-23(29)21(26-24(28)31)12-17-14-27(22-8-6-18(25)13-20(17)22)9-10-30-19-7-5-15(2)16(3)11-19/h5-8,11-14H,4,9-10H2,1-3H3,(H,26,31)/b21-12-. The van der Waals surface area contributed by atoms with Gasteiger partial charge in [-0.25, -0.2) is 0 Å². The summed E-state index contributed by atoms with van der Waals surface area (Å²) in [4.78, 5) is 14.2. The first-order valence-electron chi connectivity index (χ1n) is 10.2. The number of fused-ring (bicyclic) bond motifs is 1. The van der Waals surface area contributed by atoms with Gasteiger partial charge < -0.3 is 14.6 Å². The monoisotopic (exact) mass is 497 g/mol. The number of hydrogen-bond acceptors (Lipinski definition) is 3. The zero-order chi connectivity index (χ0) is 22.1. The molecule has 0 unspecified atom stereocenters. The summed E-state index contributed by atoms with van der Waals surface area (Å²) in [5.74, 6) is 0.778. The van der Waals surface area contributed by atoms with Gasteiger partial charge in [0.15, 0.2) is 5.11 Å². The van der Waals surface area contributed by atoms with Crippen molar-refractivity contribution in [1.82, 2.24) is 14.8 Å². The predicted molar refractivity (Wildman–Crippen MR) is 132 cm³/mol. The average Bonchev–Trinajstić information content (AvgIpc) is 3.20. The Bertz CT molecular complexity index is 1210. The number of aromatic nitrogens is 1. The van der Waals surface area contributed by atoms with E-state index < -0.39 is 0 Å². The van der Waals surface area contributed by atoms with Gasteiger partial charge >= 0.3 is 0 Å². The summed E-state index contributed by atoms with van der Waals surface area (Å²) in [5, 5.41) is 4.55. The molecule has 1 N–H and O–H groups in total. The highest BCUT2D eigenvalue weighted by Gasteiger charge is 2.29. The predicted octanol–water partition coefficient (Wildman–Crippen LogP) is 5.18. The summed E-state index contributed by atoms with van der Waals surface area (Å²) < 4.78 is 9.13. The minimum atomic E-state index is -0.0959. The Labute approximate surface area is 195 Å². The average molecular weight is 498 g/mol. The molecule has 7 heteroatoms. The minimum Gasteiger partial charge on any atom is -0.492 e. The Morgan fingerprint density at radius 1 is 1.16 bits per heavy atom. The lowest BCUT2D eigenvalue weighted by atomic mass is 10.1. The Hall–Kier alpha value is -2.64. The fraction of sp³-hybridized carbons (Fsp3) is 0.250. The van der Waals surface area contributed by atoms with Crippen molar-refractivity contribution in [2.45, 2.75) is 27.3 Å². The number of hydrogen-bond donors (Lipinski definition) is 1. The van der Waals surface area contributed by atoms with Gasteiger partial charge in [-0.05, 0) is 80.5 Å². The van der Waals surface area contributed by atoms with Crippen molar-refractivity contribution in [3.8, 4) is 5.75 Å². The fourth-order valence-corrected chi connectivity index (χ4v) is 4.36. The summed E-state index contributed by atoms with van der Waals surface area (Å²) in [6, 6.07) is 12.3. The maximum atomic E-state index is 12.6. The number of halogens is 1. The van der Waals surface area contributed by atoms with Crippen molar-refractivity contribution in [3.63, 3.8) is 0 Å². The van der Waals surface area contributed by atoms with Crippen LogP contribution in [0.1, 0.15) is 23.6 Å². The number of carbonyl (C=O) groups is 1. The van der Waals surface area contributed by atoms with Crippen molar-refractivity contribution >= 4 is 56.1 Å². The molecule has 1 saturated heterocycles. The third-order valence-corrected chi connectivity index (χ3v) is 6.35. The molecule has 0 bridgehead atoms. The van der Waals surface area contributed by atoms with Gasteiger partial charge in [-0.15, -0.1) is 0 Å². The Morgan fingerprint density at radius 2 is 1.97 bits per heavy atom. The molecule has 0 spiro atoms. The Balaban J connectivity index is 1.60. The van der Waals surface area contributed by atoms with Gasteiger partial charge in [-0.2, -0.15) is 0 Å². The van der Waals surface area contributed by atoms with Crippen LogP contribution in [0.5, 0.6) is 5.75 Å². The zero-order valence-electron chi connectivity index (χ0n) is 17.7. The van der Waals surface area contributed by atoms with E-state index in [2.05, 4.69) is 70.1 Å². The van der Waals surface area contributed by atoms with Crippen LogP contribution in [-0.2, 0) is 11.3 Å². The molecule has 1 aromatic heterocycles. The molecule has 2 heterocycles. The third-order valence-electron chi connectivity index (χ3n) is 5.53. The number of benzene rings is 2. The topological polar surface area (TPSA) is 46.5 Å². The normalized spacial score (nSPS) is 15.2. The molecule has 2 aromatic carbocycles. The molecule has 4 rings (SSSR count). The largest absolute Gasteiger partial charge is 0.492 e. The van der Waals surface area contributed by atoms with E-state index in [4.69, 9.17) is 17.0 Å². The third kappa shape index (κ3) is 4.38. The molecule has 160 valence electrons. The van der Waals surface area contributed by atoms with Crippen LogP contribution in [0.15, 0.2) is 52.8 Å². The van der Waals surface area contributed by atoms with Gasteiger partial charge in [-0.1, -0.05) is 22.0 Å². The first-order valence-corrected chi connectivity index (χ1v) is 11.4. The maximum Gasteiger partial charge on any atom is 0.276 e. The van der Waals surface area contributed by atoms with Gasteiger partial charge in [0.2, 0.25) is 0 Å². The molecule has 1 aliphatic rings. The summed E-state index contributed by atoms with van der Waals surface area (Å²) in [7, 11) is 0. The van der Waals surface area contributed by atoms with Gasteiger partial charge in [0.05, 0.1) is 6.54 Å². The Kier molecular flexibility index (Phi) is 6.16. The van der Waals surface area contributed by atoms with Crippen molar-refractivity contribution in [2.24, 2.45) is 0 Å². The number of likely N-dealkylation sites (N-methyl/N-ethyl adjacent to an activating group) is 1. The molecule has 0 radical (unpaired) electrons. The number of carbonyl (C=O) groups excluding carboxylic acids is 1. The van der Waals surface area contributed by atoms with Crippen LogP contribution >= 0.6 is 28.1 Å². The molecule has 5 nitrogen and oxygen atoms in total. The lowest BCUT2D eigenvalue weighted by molar-refractivity contribution is -0.122. The van der Waals surface area contributed by atoms with Gasteiger partial charge in [-0.3, -0.25) is 9.69 Å². The molecular weight excluding hydrogens is 474 g/mol. The maximum absolute atomic E-state index is 12.6. The van der Waals surface area contributed by atoms with E-state index in [0.29, 0.717) is 30.5 Å². The van der Waals surface area contributed by atoms with E-state index in [1.807, 2.05) is 25.1 Å². The van der Waals surface area contributed by atoms with Crippen LogP contribution in [-0.4, -0.2) is 33.6 Å². The van der Waals surface area contributed by atoms with Crippen LogP contribution in [0.4, 0.5) is 0 Å². The Morgan fingerprint density at radius 3 is 2.68 bits per heavy atom. The van der Waals surface area contributed by atoms with E-state index in [0.717, 1.165) is 26.7 Å². The van der Waals surface area contributed by atoms with E-state index in [-0.39, 0.29) is 5.91 Å². The lowest BCUT2D eigenvalue weighted by Crippen LogP contribution is -2.30. The van der Waals surface area contributed by atoms with Crippen LogP contribution < -0.4 is 10.1 Å². The number of nitrogens with zero attached hydrogens (tertiary/aromatic N) is 2. The van der Waals surface area contributed by atoms with Crippen LogP contribution in [0, 0.1) is 13.8 Å². The minimum absolute atomic E-state index is 0.0959. The molecule has 1 aliphatic heterocycles. The molecule has 31 heavy (non-hydrogen) atoms. The molecule has 1 fully saturated rings. The van der Waals surface area contributed by atoms with Gasteiger partial charge in [0, 0.05) is 33.7 Å². The van der Waals surface area contributed by atoms with Crippen molar-refractivity contribution in [3.05, 3.63) is 69.5 Å². The first-order chi connectivity index (χ1) is 14.9.